The highest BCUT2D eigenvalue weighted by Crippen LogP contribution is 2.13. The van der Waals surface area contributed by atoms with Gasteiger partial charge >= 0.3 is 23.9 Å². The number of rotatable bonds is 45. The molecule has 0 bridgehead atoms. The number of carbonyl (C=O) groups excluding carboxylic acids is 4. The first-order chi connectivity index (χ1) is 31.2. The predicted molar refractivity (Wildman–Crippen MR) is 264 cm³/mol. The van der Waals surface area contributed by atoms with Crippen LogP contribution in [-0.4, -0.2) is 94.8 Å². The predicted octanol–water partition coefficient (Wildman–Crippen LogP) is 13.9. The zero-order valence-corrected chi connectivity index (χ0v) is 43.6. The number of unbranched alkanes of at least 4 members (excludes halogenated alkanes) is 20. The second-order valence-electron chi connectivity index (χ2n) is 16.9. The molecule has 0 aromatic rings. The fraction of sp³-hybridized carbons (Fsp3) is 0.925. The van der Waals surface area contributed by atoms with Crippen LogP contribution in [0.2, 0.25) is 0 Å². The molecule has 0 aliphatic carbocycles. The van der Waals surface area contributed by atoms with Crippen LogP contribution in [0.5, 0.6) is 0 Å². The second-order valence-corrected chi connectivity index (χ2v) is 16.9. The number of hydrogen-bond acceptors (Lipinski definition) is 11. The van der Waals surface area contributed by atoms with Crippen LogP contribution in [0.25, 0.3) is 0 Å². The summed E-state index contributed by atoms with van der Waals surface area (Å²) < 4.78 is 33.1. The van der Waals surface area contributed by atoms with Gasteiger partial charge in [0.25, 0.3) is 0 Å². The molecule has 0 rings (SSSR count). The van der Waals surface area contributed by atoms with Gasteiger partial charge in [-0.3, -0.25) is 19.2 Å². The number of nitrogens with zero attached hydrogens (tertiary/aromatic N) is 1. The number of esters is 4. The van der Waals surface area contributed by atoms with E-state index in [2.05, 4.69) is 46.4 Å². The number of methoxy groups -OCH3 is 1. The number of carbonyl (C=O) groups is 4. The van der Waals surface area contributed by atoms with Crippen LogP contribution in [-0.2, 0) is 47.6 Å². The Bertz CT molecular complexity index is 988. The molecule has 0 N–H and O–H groups in total. The van der Waals surface area contributed by atoms with Crippen LogP contribution in [0.1, 0.15) is 248 Å². The van der Waals surface area contributed by atoms with Crippen molar-refractivity contribution in [2.24, 2.45) is 5.92 Å². The highest BCUT2D eigenvalue weighted by molar-refractivity contribution is 5.70. The Morgan fingerprint density at radius 3 is 1.17 bits per heavy atom. The van der Waals surface area contributed by atoms with Crippen LogP contribution in [0.3, 0.4) is 0 Å². The Balaban J connectivity index is -0.00000373. The first-order valence-electron chi connectivity index (χ1n) is 26.7. The fourth-order valence-electron chi connectivity index (χ4n) is 6.82. The van der Waals surface area contributed by atoms with E-state index in [9.17, 15) is 19.2 Å². The lowest BCUT2D eigenvalue weighted by molar-refractivity contribution is -0.157. The molecule has 64 heavy (non-hydrogen) atoms. The Morgan fingerprint density at radius 2 is 0.750 bits per heavy atom. The summed E-state index contributed by atoms with van der Waals surface area (Å²) >= 11 is 0. The summed E-state index contributed by atoms with van der Waals surface area (Å²) in [6.07, 6.45) is 29.6. The molecule has 382 valence electrons. The summed E-state index contributed by atoms with van der Waals surface area (Å²) in [5.74, 6) is -1.67. The van der Waals surface area contributed by atoms with Crippen LogP contribution in [0.15, 0.2) is 0 Å². The van der Waals surface area contributed by atoms with Crippen LogP contribution in [0.4, 0.5) is 0 Å². The third-order valence-corrected chi connectivity index (χ3v) is 11.1. The van der Waals surface area contributed by atoms with Crippen LogP contribution < -0.4 is 0 Å². The highest BCUT2D eigenvalue weighted by Gasteiger charge is 2.19. The van der Waals surface area contributed by atoms with E-state index < -0.39 is 18.2 Å². The maximum atomic E-state index is 12.6. The van der Waals surface area contributed by atoms with E-state index in [1.54, 1.807) is 7.11 Å². The minimum atomic E-state index is -0.483. The summed E-state index contributed by atoms with van der Waals surface area (Å²) in [4.78, 5) is 51.9. The van der Waals surface area contributed by atoms with Crippen molar-refractivity contribution in [2.75, 3.05) is 59.8 Å². The number of hydrogen-bond donors (Lipinski definition) is 0. The van der Waals surface area contributed by atoms with E-state index in [1.165, 1.54) is 96.3 Å². The molecule has 11 nitrogen and oxygen atoms in total. The van der Waals surface area contributed by atoms with Crippen molar-refractivity contribution in [1.29, 1.82) is 0 Å². The first kappa shape index (κ1) is 66.0. The molecule has 0 aromatic carbocycles. The van der Waals surface area contributed by atoms with E-state index >= 15 is 0 Å². The lowest BCUT2D eigenvalue weighted by Gasteiger charge is -2.19. The third kappa shape index (κ3) is 50.8. The molecule has 1 unspecified atom stereocenters. The average molecular weight is 916 g/mol. The van der Waals surface area contributed by atoms with E-state index in [0.29, 0.717) is 45.3 Å². The molecule has 0 aliphatic heterocycles. The van der Waals surface area contributed by atoms with Gasteiger partial charge in [-0.1, -0.05) is 184 Å². The van der Waals surface area contributed by atoms with E-state index in [-0.39, 0.29) is 50.6 Å². The summed E-state index contributed by atoms with van der Waals surface area (Å²) in [7, 11) is 1.57. The van der Waals surface area contributed by atoms with Crippen molar-refractivity contribution in [3.8, 4) is 0 Å². The molecule has 0 radical (unpaired) electrons. The normalized spacial score (nSPS) is 11.8. The summed E-state index contributed by atoms with van der Waals surface area (Å²) in [6.45, 7) is 20.8. The molecule has 0 saturated heterocycles. The first-order valence-corrected chi connectivity index (χ1v) is 26.7. The minimum absolute atomic E-state index is 0.00567. The van der Waals surface area contributed by atoms with Crippen molar-refractivity contribution in [3.05, 3.63) is 0 Å². The molecule has 11 heteroatoms. The summed E-state index contributed by atoms with van der Waals surface area (Å²) in [5, 5.41) is 0. The Labute approximate surface area is 395 Å². The topological polar surface area (TPSA) is 127 Å². The molecular weight excluding hydrogens is 811 g/mol. The third-order valence-electron chi connectivity index (χ3n) is 11.1. The fourth-order valence-corrected chi connectivity index (χ4v) is 6.82. The molecule has 0 saturated carbocycles. The molecule has 0 spiro atoms. The Morgan fingerprint density at radius 1 is 0.406 bits per heavy atom. The lowest BCUT2D eigenvalue weighted by atomic mass is 10.1. The van der Waals surface area contributed by atoms with Crippen LogP contribution in [0, 0.1) is 5.92 Å². The smallest absolute Gasteiger partial charge is 0.305 e. The quantitative estimate of drug-likeness (QED) is 0.0251. The average Bonchev–Trinajstić information content (AvgIpc) is 3.30. The maximum absolute atomic E-state index is 12.6. The van der Waals surface area contributed by atoms with Gasteiger partial charge in [-0.25, -0.2) is 0 Å². The minimum Gasteiger partial charge on any atom is -0.466 e. The lowest BCUT2D eigenvalue weighted by Crippen LogP contribution is -2.27. The standard InChI is InChI=1S/C44H83NO10.C7H16.C2H6/c1-6-10-12-14-16-17-22-25-34-51-40(46)28-23-19-18-20-24-29-41(47)53-36-39(37-54-42(48)30-27-33-45(8-3)9-4)38-55-43(49)31-32-44(50-5)52-35-26-21-15-13-11-7-2;1-3-5-7-6-4-2;1-2/h39,44H,6-38H2,1-5H3;3-7H2,1-2H3;1-2H3/t39?,44-;;/m1../s1. The summed E-state index contributed by atoms with van der Waals surface area (Å²) in [6, 6.07) is 0. The molecule has 0 aromatic heterocycles. The van der Waals surface area contributed by atoms with Gasteiger partial charge in [-0.2, -0.15) is 0 Å². The molecule has 0 amide bonds. The van der Waals surface area contributed by atoms with Gasteiger partial charge in [-0.05, 0) is 51.7 Å². The van der Waals surface area contributed by atoms with Gasteiger partial charge in [0.15, 0.2) is 6.29 Å². The van der Waals surface area contributed by atoms with E-state index in [1.807, 2.05) is 13.8 Å². The Hall–Kier alpha value is -2.24. The largest absolute Gasteiger partial charge is 0.466 e. The van der Waals surface area contributed by atoms with Gasteiger partial charge in [-0.15, -0.1) is 0 Å². The van der Waals surface area contributed by atoms with Gasteiger partial charge in [0.05, 0.1) is 18.9 Å². The van der Waals surface area contributed by atoms with Gasteiger partial charge in [0.2, 0.25) is 0 Å². The van der Waals surface area contributed by atoms with E-state index in [4.69, 9.17) is 28.4 Å². The van der Waals surface area contributed by atoms with Crippen molar-refractivity contribution >= 4 is 23.9 Å². The van der Waals surface area contributed by atoms with Crippen molar-refractivity contribution in [1.82, 2.24) is 4.90 Å². The van der Waals surface area contributed by atoms with Crippen molar-refractivity contribution in [2.45, 2.75) is 254 Å². The zero-order chi connectivity index (χ0) is 48.2. The van der Waals surface area contributed by atoms with Gasteiger partial charge < -0.3 is 33.3 Å². The molecule has 0 fully saturated rings. The van der Waals surface area contributed by atoms with Crippen molar-refractivity contribution in [3.63, 3.8) is 0 Å². The number of ether oxygens (including phenoxy) is 6. The Kier molecular flexibility index (Phi) is 56.8. The maximum Gasteiger partial charge on any atom is 0.305 e. The monoisotopic (exact) mass is 916 g/mol. The molecule has 2 atom stereocenters. The SMILES string of the molecule is CC.CCCCCCC.CCCCCCCCCCOC(=O)CCCCCCCC(=O)OCC(COC(=O)CCCN(CC)CC)COC(=O)CC[C@H](OC)OCCCCCCCC. The van der Waals surface area contributed by atoms with Gasteiger partial charge in [0, 0.05) is 39.4 Å². The second kappa shape index (κ2) is 55.1. The van der Waals surface area contributed by atoms with Crippen LogP contribution >= 0.6 is 0 Å². The highest BCUT2D eigenvalue weighted by atomic mass is 16.7. The molecule has 0 aliphatic rings. The van der Waals surface area contributed by atoms with Gasteiger partial charge in [0.1, 0.15) is 19.8 Å². The summed E-state index contributed by atoms with van der Waals surface area (Å²) in [5.41, 5.74) is 0. The molecular formula is C53H105NO10. The molecule has 0 heterocycles. The van der Waals surface area contributed by atoms with Crippen molar-refractivity contribution < 1.29 is 47.6 Å². The zero-order valence-electron chi connectivity index (χ0n) is 43.6. The van der Waals surface area contributed by atoms with E-state index in [0.717, 1.165) is 71.0 Å².